The quantitative estimate of drug-likeness (QED) is 0.906. The Bertz CT molecular complexity index is 376. The van der Waals surface area contributed by atoms with E-state index in [4.69, 9.17) is 11.6 Å². The Morgan fingerprint density at radius 2 is 2.12 bits per heavy atom. The minimum atomic E-state index is 0.546. The predicted molar refractivity (Wildman–Crippen MR) is 77.9 cm³/mol. The molecule has 4 heteroatoms. The predicted octanol–water partition coefficient (Wildman–Crippen LogP) is 4.00. The molecule has 0 amide bonds. The summed E-state index contributed by atoms with van der Waals surface area (Å²) in [5.41, 5.74) is 1.04. The summed E-state index contributed by atoms with van der Waals surface area (Å²) in [5.74, 6) is 0. The van der Waals surface area contributed by atoms with Gasteiger partial charge in [-0.1, -0.05) is 34.5 Å². The molecule has 1 aliphatic heterocycles. The molecular formula is C13H18BrClN2. The molecule has 0 aliphatic carbocycles. The van der Waals surface area contributed by atoms with Crippen LogP contribution in [-0.4, -0.2) is 30.6 Å². The lowest BCUT2D eigenvalue weighted by atomic mass is 10.0. The van der Waals surface area contributed by atoms with E-state index in [1.54, 1.807) is 0 Å². The van der Waals surface area contributed by atoms with E-state index in [0.29, 0.717) is 6.04 Å². The van der Waals surface area contributed by atoms with Gasteiger partial charge in [0.25, 0.3) is 0 Å². The van der Waals surface area contributed by atoms with Crippen molar-refractivity contribution in [3.05, 3.63) is 27.7 Å². The Hall–Kier alpha value is -0.250. The van der Waals surface area contributed by atoms with Gasteiger partial charge in [0, 0.05) is 23.6 Å². The molecule has 94 valence electrons. The molecule has 1 fully saturated rings. The Morgan fingerprint density at radius 1 is 1.41 bits per heavy atom. The van der Waals surface area contributed by atoms with Crippen LogP contribution in [0.15, 0.2) is 22.7 Å². The summed E-state index contributed by atoms with van der Waals surface area (Å²) in [6.07, 6.45) is 2.38. The summed E-state index contributed by atoms with van der Waals surface area (Å²) >= 11 is 9.65. The zero-order valence-corrected chi connectivity index (χ0v) is 12.4. The summed E-state index contributed by atoms with van der Waals surface area (Å²) in [5, 5.41) is 4.34. The van der Waals surface area contributed by atoms with Crippen molar-refractivity contribution in [3.8, 4) is 0 Å². The maximum atomic E-state index is 6.18. The lowest BCUT2D eigenvalue weighted by Gasteiger charge is -2.32. The molecular weight excluding hydrogens is 300 g/mol. The van der Waals surface area contributed by atoms with E-state index in [0.717, 1.165) is 21.7 Å². The topological polar surface area (TPSA) is 15.3 Å². The molecule has 1 N–H and O–H groups in total. The smallest absolute Gasteiger partial charge is 0.0638 e. The van der Waals surface area contributed by atoms with Crippen molar-refractivity contribution in [2.24, 2.45) is 0 Å². The van der Waals surface area contributed by atoms with Crippen molar-refractivity contribution in [1.29, 1.82) is 0 Å². The number of rotatable bonds is 3. The second kappa shape index (κ2) is 6.07. The van der Waals surface area contributed by atoms with Crippen LogP contribution in [0.25, 0.3) is 0 Å². The summed E-state index contributed by atoms with van der Waals surface area (Å²) in [6, 6.07) is 6.49. The minimum Gasteiger partial charge on any atom is -0.381 e. The number of nitrogens with zero attached hydrogens (tertiary/aromatic N) is 1. The van der Waals surface area contributed by atoms with E-state index in [9.17, 15) is 0 Å². The van der Waals surface area contributed by atoms with E-state index in [2.05, 4.69) is 39.1 Å². The fourth-order valence-electron chi connectivity index (χ4n) is 2.22. The average Bonchev–Trinajstić information content (AvgIpc) is 2.35. The third kappa shape index (κ3) is 3.60. The molecule has 0 bridgehead atoms. The van der Waals surface area contributed by atoms with Crippen molar-refractivity contribution >= 4 is 33.2 Å². The van der Waals surface area contributed by atoms with Gasteiger partial charge in [-0.3, -0.25) is 0 Å². The van der Waals surface area contributed by atoms with Gasteiger partial charge in [0.15, 0.2) is 0 Å². The van der Waals surface area contributed by atoms with E-state index in [1.807, 2.05) is 12.1 Å². The minimum absolute atomic E-state index is 0.546. The van der Waals surface area contributed by atoms with Gasteiger partial charge in [-0.05, 0) is 37.6 Å². The van der Waals surface area contributed by atoms with Crippen LogP contribution >= 0.6 is 27.5 Å². The lowest BCUT2D eigenvalue weighted by Crippen LogP contribution is -2.38. The van der Waals surface area contributed by atoms with Gasteiger partial charge >= 0.3 is 0 Å². The highest BCUT2D eigenvalue weighted by Gasteiger charge is 2.18. The molecule has 1 heterocycles. The normalized spacial score (nSPS) is 18.3. The highest BCUT2D eigenvalue weighted by molar-refractivity contribution is 9.10. The number of piperidine rings is 1. The van der Waals surface area contributed by atoms with Gasteiger partial charge in [0.1, 0.15) is 0 Å². The van der Waals surface area contributed by atoms with Crippen LogP contribution in [0.2, 0.25) is 5.02 Å². The molecule has 2 rings (SSSR count). The summed E-state index contributed by atoms with van der Waals surface area (Å²) in [6.45, 7) is 5.74. The van der Waals surface area contributed by atoms with Crippen LogP contribution < -0.4 is 5.32 Å². The van der Waals surface area contributed by atoms with E-state index < -0.39 is 0 Å². The van der Waals surface area contributed by atoms with E-state index >= 15 is 0 Å². The Balaban J connectivity index is 1.95. The molecule has 0 unspecified atom stereocenters. The first kappa shape index (κ1) is 13.2. The number of hydrogen-bond acceptors (Lipinski definition) is 2. The maximum absolute atomic E-state index is 6.18. The third-order valence-corrected chi connectivity index (χ3v) is 4.15. The third-order valence-electron chi connectivity index (χ3n) is 3.32. The largest absolute Gasteiger partial charge is 0.381 e. The molecule has 1 aliphatic rings. The van der Waals surface area contributed by atoms with Crippen molar-refractivity contribution in [3.63, 3.8) is 0 Å². The SMILES string of the molecule is CCN1CCC(Nc2cc(Br)ccc2Cl)CC1. The first-order valence-electron chi connectivity index (χ1n) is 6.13. The fourth-order valence-corrected chi connectivity index (χ4v) is 2.75. The van der Waals surface area contributed by atoms with Crippen molar-refractivity contribution in [1.82, 2.24) is 4.90 Å². The first-order valence-corrected chi connectivity index (χ1v) is 7.30. The molecule has 0 radical (unpaired) electrons. The monoisotopic (exact) mass is 316 g/mol. The fraction of sp³-hybridized carbons (Fsp3) is 0.538. The number of likely N-dealkylation sites (tertiary alicyclic amines) is 1. The molecule has 17 heavy (non-hydrogen) atoms. The van der Waals surface area contributed by atoms with Crippen LogP contribution in [0.4, 0.5) is 5.69 Å². The average molecular weight is 318 g/mol. The van der Waals surface area contributed by atoms with Gasteiger partial charge in [-0.25, -0.2) is 0 Å². The van der Waals surface area contributed by atoms with E-state index in [1.165, 1.54) is 25.9 Å². The van der Waals surface area contributed by atoms with E-state index in [-0.39, 0.29) is 0 Å². The summed E-state index contributed by atoms with van der Waals surface area (Å²) < 4.78 is 1.07. The van der Waals surface area contributed by atoms with Crippen LogP contribution in [0, 0.1) is 0 Å². The first-order chi connectivity index (χ1) is 8.19. The Labute approximate surface area is 116 Å². The van der Waals surface area contributed by atoms with Crippen LogP contribution in [-0.2, 0) is 0 Å². The van der Waals surface area contributed by atoms with Gasteiger partial charge in [0.05, 0.1) is 10.7 Å². The number of halogens is 2. The van der Waals surface area contributed by atoms with Crippen LogP contribution in [0.1, 0.15) is 19.8 Å². The highest BCUT2D eigenvalue weighted by atomic mass is 79.9. The molecule has 0 spiro atoms. The lowest BCUT2D eigenvalue weighted by molar-refractivity contribution is 0.229. The van der Waals surface area contributed by atoms with Crippen molar-refractivity contribution < 1.29 is 0 Å². The zero-order valence-electron chi connectivity index (χ0n) is 10.0. The molecule has 0 aromatic heterocycles. The van der Waals surface area contributed by atoms with Gasteiger partial charge in [0.2, 0.25) is 0 Å². The second-order valence-corrected chi connectivity index (χ2v) is 5.80. The summed E-state index contributed by atoms with van der Waals surface area (Å²) in [7, 11) is 0. The molecule has 1 aromatic rings. The van der Waals surface area contributed by atoms with Crippen LogP contribution in [0.5, 0.6) is 0 Å². The zero-order chi connectivity index (χ0) is 12.3. The van der Waals surface area contributed by atoms with Crippen LogP contribution in [0.3, 0.4) is 0 Å². The molecule has 0 saturated carbocycles. The summed E-state index contributed by atoms with van der Waals surface area (Å²) in [4.78, 5) is 2.49. The molecule has 1 saturated heterocycles. The molecule has 0 atom stereocenters. The number of benzene rings is 1. The van der Waals surface area contributed by atoms with Crippen molar-refractivity contribution in [2.75, 3.05) is 25.0 Å². The second-order valence-electron chi connectivity index (χ2n) is 4.48. The van der Waals surface area contributed by atoms with Gasteiger partial charge < -0.3 is 10.2 Å². The standard InChI is InChI=1S/C13H18BrClN2/c1-2-17-7-5-11(6-8-17)16-13-9-10(14)3-4-12(13)15/h3-4,9,11,16H,2,5-8H2,1H3. The van der Waals surface area contributed by atoms with Gasteiger partial charge in [-0.2, -0.15) is 0 Å². The van der Waals surface area contributed by atoms with Gasteiger partial charge in [-0.15, -0.1) is 0 Å². The maximum Gasteiger partial charge on any atom is 0.0638 e. The Kier molecular flexibility index (Phi) is 4.71. The Morgan fingerprint density at radius 3 is 2.76 bits per heavy atom. The van der Waals surface area contributed by atoms with Crippen molar-refractivity contribution in [2.45, 2.75) is 25.8 Å². The molecule has 2 nitrogen and oxygen atoms in total. The number of anilines is 1. The number of hydrogen-bond donors (Lipinski definition) is 1. The molecule has 1 aromatic carbocycles. The highest BCUT2D eigenvalue weighted by Crippen LogP contribution is 2.27. The number of nitrogens with one attached hydrogen (secondary N) is 1.